The molecule has 3 N–H and O–H groups in total. The van der Waals surface area contributed by atoms with E-state index in [1.165, 1.54) is 18.2 Å². The van der Waals surface area contributed by atoms with Crippen molar-refractivity contribution in [2.45, 2.75) is 6.42 Å². The quantitative estimate of drug-likeness (QED) is 0.383. The van der Waals surface area contributed by atoms with Crippen molar-refractivity contribution in [3.63, 3.8) is 0 Å². The van der Waals surface area contributed by atoms with Crippen LogP contribution in [0.3, 0.4) is 0 Å². The van der Waals surface area contributed by atoms with E-state index in [1.54, 1.807) is 18.2 Å². The minimum atomic E-state index is -0.483. The van der Waals surface area contributed by atoms with Crippen LogP contribution < -0.4 is 0 Å². The zero-order valence-electron chi connectivity index (χ0n) is 13.0. The van der Waals surface area contributed by atoms with Crippen molar-refractivity contribution < 1.29 is 15.1 Å². The summed E-state index contributed by atoms with van der Waals surface area (Å²) in [6.45, 7) is 0.209. The number of phenolic OH excluding ortho intramolecular Hbond substituents is 1. The first-order valence-corrected chi connectivity index (χ1v) is 7.66. The maximum Gasteiger partial charge on any atom is 0.269 e. The third kappa shape index (κ3) is 3.64. The van der Waals surface area contributed by atoms with Gasteiger partial charge in [-0.2, -0.15) is 0 Å². The fourth-order valence-corrected chi connectivity index (χ4v) is 2.51. The Morgan fingerprint density at radius 2 is 1.88 bits per heavy atom. The zero-order valence-corrected chi connectivity index (χ0v) is 13.0. The molecule has 0 unspecified atom stereocenters. The van der Waals surface area contributed by atoms with Crippen LogP contribution in [-0.2, 0) is 11.2 Å². The number of aromatic amines is 1. The van der Waals surface area contributed by atoms with Gasteiger partial charge in [0.15, 0.2) is 0 Å². The van der Waals surface area contributed by atoms with E-state index < -0.39 is 5.91 Å². The average Bonchev–Trinajstić information content (AvgIpc) is 3.02. The van der Waals surface area contributed by atoms with E-state index in [-0.39, 0.29) is 12.3 Å². The van der Waals surface area contributed by atoms with Crippen LogP contribution in [0.1, 0.15) is 11.1 Å². The highest BCUT2D eigenvalue weighted by Gasteiger charge is 2.09. The summed E-state index contributed by atoms with van der Waals surface area (Å²) in [6, 6.07) is 14.4. The van der Waals surface area contributed by atoms with Gasteiger partial charge in [-0.15, -0.1) is 0 Å². The maximum atomic E-state index is 11.9. The Morgan fingerprint density at radius 3 is 2.67 bits per heavy atom. The van der Waals surface area contributed by atoms with E-state index in [4.69, 9.17) is 0 Å². The molecule has 24 heavy (non-hydrogen) atoms. The van der Waals surface area contributed by atoms with E-state index in [0.29, 0.717) is 11.5 Å². The number of amides is 1. The molecule has 2 aromatic carbocycles. The Hall–Kier alpha value is -3.05. The smallest absolute Gasteiger partial charge is 0.269 e. The van der Waals surface area contributed by atoms with Gasteiger partial charge in [0.25, 0.3) is 5.91 Å². The number of rotatable bonds is 5. The largest absolute Gasteiger partial charge is 0.508 e. The number of hydroxylamine groups is 2. The Bertz CT molecular complexity index is 866. The predicted molar refractivity (Wildman–Crippen MR) is 92.6 cm³/mol. The summed E-state index contributed by atoms with van der Waals surface area (Å²) in [5, 5.41) is 20.9. The summed E-state index contributed by atoms with van der Waals surface area (Å²) >= 11 is 0. The lowest BCUT2D eigenvalue weighted by molar-refractivity contribution is -0.158. The molecule has 0 bridgehead atoms. The Kier molecular flexibility index (Phi) is 4.63. The van der Waals surface area contributed by atoms with Gasteiger partial charge in [0.2, 0.25) is 0 Å². The molecule has 122 valence electrons. The van der Waals surface area contributed by atoms with E-state index >= 15 is 0 Å². The number of nitrogens with zero attached hydrogens (tertiary/aromatic N) is 1. The number of H-pyrrole nitrogens is 1. The second-order valence-electron chi connectivity index (χ2n) is 5.50. The number of nitrogens with one attached hydrogen (secondary N) is 1. The lowest BCUT2D eigenvalue weighted by Crippen LogP contribution is -2.27. The molecule has 0 aliphatic rings. The molecule has 0 aliphatic heterocycles. The zero-order chi connectivity index (χ0) is 16.9. The molecule has 0 atom stereocenters. The van der Waals surface area contributed by atoms with Crippen molar-refractivity contribution in [1.82, 2.24) is 10.0 Å². The summed E-state index contributed by atoms with van der Waals surface area (Å²) in [4.78, 5) is 15.1. The molecule has 3 aromatic rings. The molecule has 3 rings (SSSR count). The number of aromatic nitrogens is 1. The molecular weight excluding hydrogens is 304 g/mol. The topological polar surface area (TPSA) is 76.6 Å². The van der Waals surface area contributed by atoms with Crippen LogP contribution in [-0.4, -0.2) is 32.8 Å². The Labute approximate surface area is 139 Å². The monoisotopic (exact) mass is 322 g/mol. The number of phenols is 1. The fourth-order valence-electron chi connectivity index (χ4n) is 2.51. The number of hydrogen-bond acceptors (Lipinski definition) is 3. The summed E-state index contributed by atoms with van der Waals surface area (Å²) in [5.74, 6) is -0.316. The number of hydrogen-bond donors (Lipinski definition) is 3. The van der Waals surface area contributed by atoms with Gasteiger partial charge in [-0.25, -0.2) is 5.06 Å². The van der Waals surface area contributed by atoms with Crippen LogP contribution >= 0.6 is 0 Å². The van der Waals surface area contributed by atoms with E-state index in [0.717, 1.165) is 22.0 Å². The lowest BCUT2D eigenvalue weighted by Gasteiger charge is -2.12. The summed E-state index contributed by atoms with van der Waals surface area (Å²) in [7, 11) is 0. The first-order valence-electron chi connectivity index (χ1n) is 7.66. The van der Waals surface area contributed by atoms with Gasteiger partial charge >= 0.3 is 0 Å². The van der Waals surface area contributed by atoms with Gasteiger partial charge < -0.3 is 10.1 Å². The maximum absolute atomic E-state index is 11.9. The molecule has 0 spiro atoms. The molecule has 0 fully saturated rings. The second-order valence-corrected chi connectivity index (χ2v) is 5.50. The number of carbonyl (C=O) groups excluding carboxylic acids is 1. The Balaban J connectivity index is 1.59. The predicted octanol–water partition coefficient (Wildman–Crippen LogP) is 3.35. The van der Waals surface area contributed by atoms with E-state index in [1.807, 2.05) is 30.5 Å². The third-order valence-electron chi connectivity index (χ3n) is 3.83. The van der Waals surface area contributed by atoms with Gasteiger partial charge in [-0.1, -0.05) is 30.3 Å². The van der Waals surface area contributed by atoms with Crippen molar-refractivity contribution >= 4 is 22.9 Å². The lowest BCUT2D eigenvalue weighted by atomic mass is 10.1. The number of benzene rings is 2. The van der Waals surface area contributed by atoms with Gasteiger partial charge in [0.1, 0.15) is 5.75 Å². The third-order valence-corrected chi connectivity index (χ3v) is 3.83. The summed E-state index contributed by atoms with van der Waals surface area (Å²) < 4.78 is 0. The SMILES string of the molecule is O=C(/C=C/c1ccc(O)cc1)N(O)CCc1c[nH]c2ccccc12. The Morgan fingerprint density at radius 1 is 1.12 bits per heavy atom. The molecular formula is C19H18N2O3. The molecule has 1 amide bonds. The van der Waals surface area contributed by atoms with Crippen molar-refractivity contribution in [2.75, 3.05) is 6.54 Å². The molecule has 0 saturated carbocycles. The molecule has 1 aromatic heterocycles. The summed E-state index contributed by atoms with van der Waals surface area (Å²) in [5.41, 5.74) is 2.86. The van der Waals surface area contributed by atoms with Crippen molar-refractivity contribution in [3.05, 3.63) is 71.9 Å². The van der Waals surface area contributed by atoms with Gasteiger partial charge in [0, 0.05) is 23.2 Å². The number of carbonyl (C=O) groups is 1. The molecule has 0 saturated heterocycles. The minimum Gasteiger partial charge on any atom is -0.508 e. The molecule has 0 aliphatic carbocycles. The minimum absolute atomic E-state index is 0.168. The average molecular weight is 322 g/mol. The number of fused-ring (bicyclic) bond motifs is 1. The molecule has 1 heterocycles. The normalized spacial score (nSPS) is 11.2. The standard InChI is InChI=1S/C19H18N2O3/c22-16-8-5-14(6-9-16)7-10-19(23)21(24)12-11-15-13-20-18-4-2-1-3-17(15)18/h1-10,13,20,22,24H,11-12H2/b10-7+. The van der Waals surface area contributed by atoms with Crippen molar-refractivity contribution in [2.24, 2.45) is 0 Å². The summed E-state index contributed by atoms with van der Waals surface area (Å²) in [6.07, 6.45) is 5.35. The molecule has 0 radical (unpaired) electrons. The van der Waals surface area contributed by atoms with Crippen LogP contribution in [0.5, 0.6) is 5.75 Å². The fraction of sp³-hybridized carbons (Fsp3) is 0.105. The van der Waals surface area contributed by atoms with Gasteiger partial charge in [-0.05, 0) is 41.8 Å². The second kappa shape index (κ2) is 7.02. The van der Waals surface area contributed by atoms with E-state index in [9.17, 15) is 15.1 Å². The van der Waals surface area contributed by atoms with Gasteiger partial charge in [0.05, 0.1) is 6.54 Å². The van der Waals surface area contributed by atoms with Crippen LogP contribution in [0.4, 0.5) is 0 Å². The first-order chi connectivity index (χ1) is 11.6. The van der Waals surface area contributed by atoms with Crippen molar-refractivity contribution in [1.29, 1.82) is 0 Å². The van der Waals surface area contributed by atoms with Crippen LogP contribution in [0.15, 0.2) is 60.8 Å². The first kappa shape index (κ1) is 15.8. The highest BCUT2D eigenvalue weighted by molar-refractivity contribution is 5.91. The van der Waals surface area contributed by atoms with Crippen LogP contribution in [0.2, 0.25) is 0 Å². The van der Waals surface area contributed by atoms with Crippen molar-refractivity contribution in [3.8, 4) is 5.75 Å². The number of aromatic hydroxyl groups is 1. The van der Waals surface area contributed by atoms with Crippen LogP contribution in [0, 0.1) is 0 Å². The molecule has 5 nitrogen and oxygen atoms in total. The van der Waals surface area contributed by atoms with E-state index in [2.05, 4.69) is 4.98 Å². The van der Waals surface area contributed by atoms with Gasteiger partial charge in [-0.3, -0.25) is 10.0 Å². The number of para-hydroxylation sites is 1. The highest BCUT2D eigenvalue weighted by Crippen LogP contribution is 2.18. The highest BCUT2D eigenvalue weighted by atomic mass is 16.5. The van der Waals surface area contributed by atoms with Crippen LogP contribution in [0.25, 0.3) is 17.0 Å². The molecule has 5 heteroatoms.